The Kier molecular flexibility index (Phi) is 6.48. The molecule has 2 N–H and O–H groups in total. The van der Waals surface area contributed by atoms with Gasteiger partial charge >= 0.3 is 0 Å². The van der Waals surface area contributed by atoms with Crippen LogP contribution in [0.1, 0.15) is 37.4 Å². The highest BCUT2D eigenvalue weighted by atomic mass is 16.6. The molecule has 2 amide bonds. The molecule has 0 saturated carbocycles. The summed E-state index contributed by atoms with van der Waals surface area (Å²) in [6.07, 6.45) is 0. The molecule has 168 valence electrons. The number of nitro benzene ring substituents is 2. The number of amides is 2. The van der Waals surface area contributed by atoms with Crippen LogP contribution >= 0.6 is 0 Å². The Morgan fingerprint density at radius 2 is 1.15 bits per heavy atom. The van der Waals surface area contributed by atoms with E-state index in [-0.39, 0.29) is 45.0 Å². The molecular weight excluding hydrogens is 428 g/mol. The number of hydrogen-bond donors (Lipinski definition) is 2. The fourth-order valence-corrected chi connectivity index (χ4v) is 3.38. The molecule has 0 saturated heterocycles. The van der Waals surface area contributed by atoms with Gasteiger partial charge in [0, 0.05) is 34.4 Å². The molecule has 33 heavy (non-hydrogen) atoms. The summed E-state index contributed by atoms with van der Waals surface area (Å²) in [6, 6.07) is 13.4. The summed E-state index contributed by atoms with van der Waals surface area (Å²) in [7, 11) is 0. The second-order valence-corrected chi connectivity index (χ2v) is 7.37. The molecule has 0 aliphatic rings. The molecule has 0 bridgehead atoms. The van der Waals surface area contributed by atoms with Gasteiger partial charge in [0.05, 0.1) is 21.2 Å². The lowest BCUT2D eigenvalue weighted by Crippen LogP contribution is -2.18. The quantitative estimate of drug-likeness (QED) is 0.404. The average molecular weight is 448 g/mol. The van der Waals surface area contributed by atoms with Crippen molar-refractivity contribution in [3.8, 4) is 0 Å². The van der Waals surface area contributed by atoms with Crippen molar-refractivity contribution in [2.24, 2.45) is 0 Å². The van der Waals surface area contributed by atoms with Gasteiger partial charge in [0.2, 0.25) is 0 Å². The number of benzene rings is 3. The second kappa shape index (κ2) is 9.27. The lowest BCUT2D eigenvalue weighted by Gasteiger charge is -2.15. The summed E-state index contributed by atoms with van der Waals surface area (Å²) < 4.78 is 0. The van der Waals surface area contributed by atoms with Crippen molar-refractivity contribution < 1.29 is 19.4 Å². The summed E-state index contributed by atoms with van der Waals surface area (Å²) in [4.78, 5) is 47.0. The van der Waals surface area contributed by atoms with Gasteiger partial charge in [-0.1, -0.05) is 18.2 Å². The number of anilines is 2. The highest BCUT2D eigenvalue weighted by Gasteiger charge is 2.21. The molecule has 0 fully saturated rings. The summed E-state index contributed by atoms with van der Waals surface area (Å²) in [5, 5.41) is 27.7. The van der Waals surface area contributed by atoms with Crippen LogP contribution in [0, 0.1) is 41.0 Å². The van der Waals surface area contributed by atoms with Gasteiger partial charge in [0.1, 0.15) is 0 Å². The maximum Gasteiger partial charge on any atom is 0.273 e. The SMILES string of the molecule is Cc1ccc(NC(=O)c2cccc([N+](=O)[O-])c2C)c(NC(=O)c2cccc([N+](=O)[O-])c2C)c1. The van der Waals surface area contributed by atoms with Crippen molar-refractivity contribution in [2.75, 3.05) is 10.6 Å². The lowest BCUT2D eigenvalue weighted by atomic mass is 10.1. The molecule has 10 nitrogen and oxygen atoms in total. The van der Waals surface area contributed by atoms with Gasteiger partial charge in [-0.2, -0.15) is 0 Å². The third-order valence-electron chi connectivity index (χ3n) is 5.16. The number of nitro groups is 2. The topological polar surface area (TPSA) is 144 Å². The van der Waals surface area contributed by atoms with Crippen LogP contribution in [0.15, 0.2) is 54.6 Å². The zero-order chi connectivity index (χ0) is 24.3. The van der Waals surface area contributed by atoms with Crippen LogP contribution in [0.2, 0.25) is 0 Å². The molecule has 0 spiro atoms. The number of aryl methyl sites for hydroxylation is 1. The Bertz CT molecular complexity index is 1300. The van der Waals surface area contributed by atoms with Crippen LogP contribution in [0.25, 0.3) is 0 Å². The minimum atomic E-state index is -0.581. The van der Waals surface area contributed by atoms with Gasteiger partial charge in [0.25, 0.3) is 23.2 Å². The van der Waals surface area contributed by atoms with E-state index in [0.29, 0.717) is 0 Å². The van der Waals surface area contributed by atoms with E-state index >= 15 is 0 Å². The first-order valence-electron chi connectivity index (χ1n) is 9.81. The number of nitrogens with zero attached hydrogens (tertiary/aromatic N) is 2. The number of rotatable bonds is 6. The fraction of sp³-hybridized carbons (Fsp3) is 0.130. The molecule has 0 radical (unpaired) electrons. The molecular formula is C23H20N4O6. The lowest BCUT2D eigenvalue weighted by molar-refractivity contribution is -0.385. The number of hydrogen-bond acceptors (Lipinski definition) is 6. The van der Waals surface area contributed by atoms with Crippen molar-refractivity contribution in [1.82, 2.24) is 0 Å². The van der Waals surface area contributed by atoms with Crippen LogP contribution in [0.3, 0.4) is 0 Å². The monoisotopic (exact) mass is 448 g/mol. The molecule has 0 unspecified atom stereocenters. The Labute approximate surface area is 188 Å². The second-order valence-electron chi connectivity index (χ2n) is 7.37. The molecule has 3 aromatic carbocycles. The standard InChI is InChI=1S/C23H20N4O6/c1-13-10-11-18(24-22(28)16-6-4-8-20(14(16)2)26(30)31)19(12-13)25-23(29)17-7-5-9-21(15(17)3)27(32)33/h4-12H,1-3H3,(H,24,28)(H,25,29). The Hall–Kier alpha value is -4.60. The van der Waals surface area contributed by atoms with Crippen LogP contribution in [0.5, 0.6) is 0 Å². The summed E-state index contributed by atoms with van der Waals surface area (Å²) in [5.74, 6) is -1.16. The van der Waals surface area contributed by atoms with E-state index in [0.717, 1.165) is 5.56 Å². The van der Waals surface area contributed by atoms with E-state index in [1.165, 1.54) is 50.2 Å². The summed E-state index contributed by atoms with van der Waals surface area (Å²) in [5.41, 5.74) is 1.66. The van der Waals surface area contributed by atoms with E-state index in [1.807, 2.05) is 0 Å². The largest absolute Gasteiger partial charge is 0.320 e. The Morgan fingerprint density at radius 3 is 1.61 bits per heavy atom. The first kappa shape index (κ1) is 23.1. The van der Waals surface area contributed by atoms with Crippen LogP contribution in [-0.2, 0) is 0 Å². The zero-order valence-electron chi connectivity index (χ0n) is 18.0. The molecule has 3 rings (SSSR count). The Morgan fingerprint density at radius 1 is 0.697 bits per heavy atom. The fourth-order valence-electron chi connectivity index (χ4n) is 3.38. The molecule has 0 aliphatic carbocycles. The first-order valence-corrected chi connectivity index (χ1v) is 9.81. The van der Waals surface area contributed by atoms with Crippen molar-refractivity contribution in [1.29, 1.82) is 0 Å². The normalized spacial score (nSPS) is 10.4. The molecule has 0 aromatic heterocycles. The van der Waals surface area contributed by atoms with Crippen molar-refractivity contribution in [3.05, 3.63) is 103 Å². The van der Waals surface area contributed by atoms with E-state index in [9.17, 15) is 29.8 Å². The zero-order valence-corrected chi connectivity index (χ0v) is 18.0. The van der Waals surface area contributed by atoms with Crippen molar-refractivity contribution in [2.45, 2.75) is 20.8 Å². The van der Waals surface area contributed by atoms with Gasteiger partial charge in [-0.15, -0.1) is 0 Å². The molecule has 10 heteroatoms. The van der Waals surface area contributed by atoms with Crippen LogP contribution in [-0.4, -0.2) is 21.7 Å². The predicted octanol–water partition coefficient (Wildman–Crippen LogP) is 4.93. The highest BCUT2D eigenvalue weighted by molar-refractivity contribution is 6.11. The van der Waals surface area contributed by atoms with Gasteiger partial charge in [0.15, 0.2) is 0 Å². The van der Waals surface area contributed by atoms with Crippen LogP contribution < -0.4 is 10.6 Å². The van der Waals surface area contributed by atoms with Gasteiger partial charge in [-0.25, -0.2) is 0 Å². The molecule has 0 atom stereocenters. The third-order valence-corrected chi connectivity index (χ3v) is 5.16. The predicted molar refractivity (Wildman–Crippen MR) is 123 cm³/mol. The number of nitrogens with one attached hydrogen (secondary N) is 2. The highest BCUT2D eigenvalue weighted by Crippen LogP contribution is 2.28. The molecule has 3 aromatic rings. The maximum absolute atomic E-state index is 12.9. The molecule has 0 heterocycles. The van der Waals surface area contributed by atoms with Gasteiger partial charge in [-0.3, -0.25) is 29.8 Å². The average Bonchev–Trinajstić information content (AvgIpc) is 2.75. The smallest absolute Gasteiger partial charge is 0.273 e. The number of carbonyl (C=O) groups excluding carboxylic acids is 2. The van der Waals surface area contributed by atoms with Crippen molar-refractivity contribution in [3.63, 3.8) is 0 Å². The number of carbonyl (C=O) groups is 2. The minimum absolute atomic E-state index is 0.122. The summed E-state index contributed by atoms with van der Waals surface area (Å²) in [6.45, 7) is 4.76. The Balaban J connectivity index is 1.92. The van der Waals surface area contributed by atoms with Crippen LogP contribution in [0.4, 0.5) is 22.7 Å². The third kappa shape index (κ3) is 4.85. The maximum atomic E-state index is 12.9. The van der Waals surface area contributed by atoms with Gasteiger partial charge < -0.3 is 10.6 Å². The van der Waals surface area contributed by atoms with E-state index in [4.69, 9.17) is 0 Å². The van der Waals surface area contributed by atoms with E-state index < -0.39 is 21.7 Å². The van der Waals surface area contributed by atoms with Gasteiger partial charge in [-0.05, 0) is 50.6 Å². The van der Waals surface area contributed by atoms with E-state index in [2.05, 4.69) is 10.6 Å². The molecule has 0 aliphatic heterocycles. The van der Waals surface area contributed by atoms with Crippen molar-refractivity contribution >= 4 is 34.6 Å². The minimum Gasteiger partial charge on any atom is -0.320 e. The van der Waals surface area contributed by atoms with E-state index in [1.54, 1.807) is 25.1 Å². The first-order chi connectivity index (χ1) is 15.6. The summed E-state index contributed by atoms with van der Waals surface area (Å²) >= 11 is 0.